The fraction of sp³-hybridized carbons (Fsp3) is 0.286. The van der Waals surface area contributed by atoms with E-state index in [4.69, 9.17) is 11.6 Å². The summed E-state index contributed by atoms with van der Waals surface area (Å²) in [6.45, 7) is 7.08. The molecule has 0 radical (unpaired) electrons. The number of halogens is 2. The van der Waals surface area contributed by atoms with Crippen LogP contribution in [0.25, 0.3) is 6.08 Å². The zero-order chi connectivity index (χ0) is 18.7. The van der Waals surface area contributed by atoms with Gasteiger partial charge in [0.1, 0.15) is 5.82 Å². The Labute approximate surface area is 158 Å². The molecule has 3 rings (SSSR count). The fourth-order valence-corrected chi connectivity index (χ4v) is 3.40. The van der Waals surface area contributed by atoms with Gasteiger partial charge in [-0.1, -0.05) is 29.8 Å². The number of benzene rings is 2. The molecule has 3 nitrogen and oxygen atoms in total. The van der Waals surface area contributed by atoms with Crippen LogP contribution >= 0.6 is 11.6 Å². The van der Waals surface area contributed by atoms with Crippen molar-refractivity contribution >= 4 is 29.3 Å². The van der Waals surface area contributed by atoms with E-state index in [1.807, 2.05) is 0 Å². The summed E-state index contributed by atoms with van der Waals surface area (Å²) in [7, 11) is 0. The van der Waals surface area contributed by atoms with Crippen LogP contribution in [0.15, 0.2) is 42.5 Å². The summed E-state index contributed by atoms with van der Waals surface area (Å²) in [6.07, 6.45) is 2.86. The SMILES string of the molecule is Cc1cccc(N2CCN(C(=O)/C=C/c3c(F)cccc3Cl)CC2)c1C. The van der Waals surface area contributed by atoms with E-state index in [1.54, 1.807) is 17.0 Å². The largest absolute Gasteiger partial charge is 0.368 e. The lowest BCUT2D eigenvalue weighted by atomic mass is 10.1. The molecule has 26 heavy (non-hydrogen) atoms. The van der Waals surface area contributed by atoms with Crippen LogP contribution in [0.5, 0.6) is 0 Å². The first kappa shape index (κ1) is 18.5. The molecule has 0 bridgehead atoms. The standard InChI is InChI=1S/C21H22ClFN2O/c1-15-5-3-8-20(16(15)2)24-11-13-25(14-12-24)21(26)10-9-17-18(22)6-4-7-19(17)23/h3-10H,11-14H2,1-2H3/b10-9+. The maximum absolute atomic E-state index is 13.8. The molecule has 1 amide bonds. The second-order valence-electron chi connectivity index (χ2n) is 6.50. The van der Waals surface area contributed by atoms with E-state index >= 15 is 0 Å². The van der Waals surface area contributed by atoms with Crippen LogP contribution in [0.3, 0.4) is 0 Å². The van der Waals surface area contributed by atoms with Gasteiger partial charge in [0.25, 0.3) is 0 Å². The van der Waals surface area contributed by atoms with Crippen LogP contribution in [0.1, 0.15) is 16.7 Å². The average Bonchev–Trinajstić information content (AvgIpc) is 2.63. The molecular formula is C21H22ClFN2O. The Kier molecular flexibility index (Phi) is 5.62. The molecule has 0 unspecified atom stereocenters. The third kappa shape index (κ3) is 3.91. The van der Waals surface area contributed by atoms with Gasteiger partial charge in [0, 0.05) is 43.5 Å². The Morgan fingerprint density at radius 3 is 2.46 bits per heavy atom. The molecule has 0 spiro atoms. The summed E-state index contributed by atoms with van der Waals surface area (Å²) in [5.41, 5.74) is 4.02. The second-order valence-corrected chi connectivity index (χ2v) is 6.91. The third-order valence-electron chi connectivity index (χ3n) is 4.90. The summed E-state index contributed by atoms with van der Waals surface area (Å²) < 4.78 is 13.8. The first-order chi connectivity index (χ1) is 12.5. The van der Waals surface area contributed by atoms with Gasteiger partial charge in [-0.25, -0.2) is 4.39 Å². The number of nitrogens with zero attached hydrogens (tertiary/aromatic N) is 2. The van der Waals surface area contributed by atoms with E-state index in [-0.39, 0.29) is 11.5 Å². The molecule has 1 heterocycles. The van der Waals surface area contributed by atoms with Crippen molar-refractivity contribution in [3.63, 3.8) is 0 Å². The molecule has 2 aromatic rings. The zero-order valence-corrected chi connectivity index (χ0v) is 15.8. The number of carbonyl (C=O) groups is 1. The molecule has 0 aromatic heterocycles. The molecule has 0 N–H and O–H groups in total. The van der Waals surface area contributed by atoms with Crippen molar-refractivity contribution in [3.05, 3.63) is 70.0 Å². The molecule has 1 aliphatic heterocycles. The van der Waals surface area contributed by atoms with Crippen molar-refractivity contribution in [2.24, 2.45) is 0 Å². The highest BCUT2D eigenvalue weighted by Gasteiger charge is 2.21. The van der Waals surface area contributed by atoms with E-state index in [9.17, 15) is 9.18 Å². The maximum atomic E-state index is 13.8. The predicted octanol–water partition coefficient (Wildman–Crippen LogP) is 4.46. The number of amides is 1. The number of carbonyl (C=O) groups excluding carboxylic acids is 1. The van der Waals surface area contributed by atoms with Gasteiger partial charge >= 0.3 is 0 Å². The molecule has 0 atom stereocenters. The van der Waals surface area contributed by atoms with Gasteiger partial charge < -0.3 is 9.80 Å². The third-order valence-corrected chi connectivity index (χ3v) is 5.23. The van der Waals surface area contributed by atoms with Crippen molar-refractivity contribution in [2.45, 2.75) is 13.8 Å². The van der Waals surface area contributed by atoms with E-state index in [2.05, 4.69) is 36.9 Å². The first-order valence-corrected chi connectivity index (χ1v) is 9.07. The number of rotatable bonds is 3. The Bertz CT molecular complexity index is 822. The summed E-state index contributed by atoms with van der Waals surface area (Å²) in [4.78, 5) is 16.5. The van der Waals surface area contributed by atoms with Gasteiger partial charge in [-0.3, -0.25) is 4.79 Å². The minimum atomic E-state index is -0.429. The van der Waals surface area contributed by atoms with Crippen molar-refractivity contribution in [3.8, 4) is 0 Å². The van der Waals surface area contributed by atoms with Crippen LogP contribution < -0.4 is 4.90 Å². The summed E-state index contributed by atoms with van der Waals surface area (Å²) >= 11 is 5.99. The van der Waals surface area contributed by atoms with Crippen molar-refractivity contribution in [1.29, 1.82) is 0 Å². The molecule has 5 heteroatoms. The van der Waals surface area contributed by atoms with Gasteiger partial charge in [-0.05, 0) is 49.2 Å². The first-order valence-electron chi connectivity index (χ1n) is 8.69. The highest BCUT2D eigenvalue weighted by Crippen LogP contribution is 2.24. The molecule has 136 valence electrons. The minimum Gasteiger partial charge on any atom is -0.368 e. The van der Waals surface area contributed by atoms with Gasteiger partial charge in [-0.15, -0.1) is 0 Å². The van der Waals surface area contributed by atoms with E-state index in [0.29, 0.717) is 18.1 Å². The monoisotopic (exact) mass is 372 g/mol. The molecule has 0 aliphatic carbocycles. The van der Waals surface area contributed by atoms with Gasteiger partial charge in [0.05, 0.1) is 5.02 Å². The van der Waals surface area contributed by atoms with Gasteiger partial charge in [-0.2, -0.15) is 0 Å². The predicted molar refractivity (Wildman–Crippen MR) is 105 cm³/mol. The number of piperazine rings is 1. The Morgan fingerprint density at radius 2 is 1.77 bits per heavy atom. The van der Waals surface area contributed by atoms with Crippen LogP contribution in [0.2, 0.25) is 5.02 Å². The summed E-state index contributed by atoms with van der Waals surface area (Å²) in [6, 6.07) is 10.8. The normalized spacial score (nSPS) is 14.9. The highest BCUT2D eigenvalue weighted by atomic mass is 35.5. The number of hydrogen-bond acceptors (Lipinski definition) is 2. The van der Waals surface area contributed by atoms with E-state index in [1.165, 1.54) is 35.0 Å². The lowest BCUT2D eigenvalue weighted by molar-refractivity contribution is -0.126. The molecule has 0 saturated carbocycles. The summed E-state index contributed by atoms with van der Waals surface area (Å²) in [5, 5.41) is 0.300. The van der Waals surface area contributed by atoms with Crippen LogP contribution in [0, 0.1) is 19.7 Å². The Balaban J connectivity index is 1.64. The van der Waals surface area contributed by atoms with Gasteiger partial charge in [0.15, 0.2) is 0 Å². The highest BCUT2D eigenvalue weighted by molar-refractivity contribution is 6.32. The minimum absolute atomic E-state index is 0.120. The molecule has 1 saturated heterocycles. The number of aryl methyl sites for hydroxylation is 1. The van der Waals surface area contributed by atoms with Crippen molar-refractivity contribution < 1.29 is 9.18 Å². The number of anilines is 1. The topological polar surface area (TPSA) is 23.6 Å². The van der Waals surface area contributed by atoms with Crippen LogP contribution in [0.4, 0.5) is 10.1 Å². The lowest BCUT2D eigenvalue weighted by Gasteiger charge is -2.36. The quantitative estimate of drug-likeness (QED) is 0.743. The smallest absolute Gasteiger partial charge is 0.246 e. The average molecular weight is 373 g/mol. The fourth-order valence-electron chi connectivity index (χ4n) is 3.18. The Hall–Kier alpha value is -2.33. The number of hydrogen-bond donors (Lipinski definition) is 0. The summed E-state index contributed by atoms with van der Waals surface area (Å²) in [5.74, 6) is -0.550. The van der Waals surface area contributed by atoms with Gasteiger partial charge in [0.2, 0.25) is 5.91 Å². The van der Waals surface area contributed by atoms with E-state index < -0.39 is 5.82 Å². The zero-order valence-electron chi connectivity index (χ0n) is 15.0. The Morgan fingerprint density at radius 1 is 1.08 bits per heavy atom. The van der Waals surface area contributed by atoms with Crippen LogP contribution in [-0.2, 0) is 4.79 Å². The second kappa shape index (κ2) is 7.92. The maximum Gasteiger partial charge on any atom is 0.246 e. The molecule has 1 fully saturated rings. The van der Waals surface area contributed by atoms with E-state index in [0.717, 1.165) is 13.1 Å². The molecule has 2 aromatic carbocycles. The van der Waals surface area contributed by atoms with Crippen molar-refractivity contribution in [2.75, 3.05) is 31.1 Å². The van der Waals surface area contributed by atoms with Crippen LogP contribution in [-0.4, -0.2) is 37.0 Å². The van der Waals surface area contributed by atoms with Crippen molar-refractivity contribution in [1.82, 2.24) is 4.90 Å². The lowest BCUT2D eigenvalue weighted by Crippen LogP contribution is -2.48. The molecule has 1 aliphatic rings. The molecular weight excluding hydrogens is 351 g/mol.